The maximum Gasteiger partial charge on any atom is 0.348 e. The lowest BCUT2D eigenvalue weighted by atomic mass is 10.2. The Kier molecular flexibility index (Phi) is 4.23. The highest BCUT2D eigenvalue weighted by molar-refractivity contribution is 7.13. The number of thiazole rings is 1. The molecule has 100 valence electrons. The van der Waals surface area contributed by atoms with Crippen molar-refractivity contribution in [2.24, 2.45) is 0 Å². The van der Waals surface area contributed by atoms with Crippen molar-refractivity contribution in [2.45, 2.75) is 0 Å². The van der Waals surface area contributed by atoms with Crippen LogP contribution in [0.25, 0.3) is 16.6 Å². The van der Waals surface area contributed by atoms with E-state index in [-0.39, 0.29) is 11.4 Å². The van der Waals surface area contributed by atoms with Gasteiger partial charge in [0.05, 0.1) is 12.8 Å². The van der Waals surface area contributed by atoms with E-state index < -0.39 is 5.97 Å². The van der Waals surface area contributed by atoms with Crippen molar-refractivity contribution >= 4 is 23.4 Å². The maximum atomic E-state index is 12.8. The second kappa shape index (κ2) is 6.08. The molecule has 0 radical (unpaired) electrons. The van der Waals surface area contributed by atoms with Crippen LogP contribution in [0.2, 0.25) is 0 Å². The predicted octanol–water partition coefficient (Wildman–Crippen LogP) is 3.03. The van der Waals surface area contributed by atoms with E-state index in [0.29, 0.717) is 10.7 Å². The van der Waals surface area contributed by atoms with E-state index in [4.69, 9.17) is 5.26 Å². The van der Waals surface area contributed by atoms with Crippen molar-refractivity contribution in [3.8, 4) is 16.6 Å². The van der Waals surface area contributed by atoms with Gasteiger partial charge in [0.15, 0.2) is 0 Å². The van der Waals surface area contributed by atoms with Crippen LogP contribution < -0.4 is 0 Å². The molecule has 0 amide bonds. The number of rotatable bonds is 3. The van der Waals surface area contributed by atoms with Crippen molar-refractivity contribution in [3.05, 3.63) is 46.7 Å². The second-order valence-corrected chi connectivity index (χ2v) is 4.60. The first kappa shape index (κ1) is 13.9. The molecule has 0 saturated heterocycles. The normalized spacial score (nSPS) is 10.9. The molecule has 0 atom stereocenters. The monoisotopic (exact) mass is 288 g/mol. The van der Waals surface area contributed by atoms with Gasteiger partial charge in [-0.25, -0.2) is 14.2 Å². The molecule has 0 aliphatic rings. The first-order valence-electron chi connectivity index (χ1n) is 5.55. The number of aromatic nitrogens is 1. The first-order valence-corrected chi connectivity index (χ1v) is 6.43. The zero-order valence-corrected chi connectivity index (χ0v) is 11.3. The molecule has 0 fully saturated rings. The molecule has 0 saturated carbocycles. The van der Waals surface area contributed by atoms with Gasteiger partial charge in [-0.3, -0.25) is 0 Å². The van der Waals surface area contributed by atoms with Crippen LogP contribution in [0.3, 0.4) is 0 Å². The SMILES string of the molecule is COC(=O)C(C#N)=Cc1csc(-c2ccc(F)cc2)n1. The van der Waals surface area contributed by atoms with Gasteiger partial charge in [0.25, 0.3) is 0 Å². The average molecular weight is 288 g/mol. The Hall–Kier alpha value is -2.52. The fraction of sp³-hybridized carbons (Fsp3) is 0.0714. The molecule has 2 aromatic rings. The van der Waals surface area contributed by atoms with Crippen molar-refractivity contribution in [1.82, 2.24) is 4.98 Å². The molecule has 2 rings (SSSR count). The average Bonchev–Trinajstić information content (AvgIpc) is 2.93. The number of hydrogen-bond acceptors (Lipinski definition) is 5. The molecule has 1 aromatic carbocycles. The van der Waals surface area contributed by atoms with Crippen LogP contribution in [0, 0.1) is 17.1 Å². The summed E-state index contributed by atoms with van der Waals surface area (Å²) in [7, 11) is 1.21. The summed E-state index contributed by atoms with van der Waals surface area (Å²) < 4.78 is 17.3. The molecule has 4 nitrogen and oxygen atoms in total. The van der Waals surface area contributed by atoms with Crippen LogP contribution in [-0.2, 0) is 9.53 Å². The largest absolute Gasteiger partial charge is 0.465 e. The van der Waals surface area contributed by atoms with Crippen LogP contribution in [-0.4, -0.2) is 18.1 Å². The van der Waals surface area contributed by atoms with E-state index in [1.54, 1.807) is 23.6 Å². The standard InChI is InChI=1S/C14H9FN2O2S/c1-19-14(18)10(7-16)6-12-8-20-13(17-12)9-2-4-11(15)5-3-9/h2-6,8H,1H3. The van der Waals surface area contributed by atoms with Gasteiger partial charge in [-0.05, 0) is 30.3 Å². The van der Waals surface area contributed by atoms with Gasteiger partial charge in [-0.1, -0.05) is 0 Å². The van der Waals surface area contributed by atoms with Crippen LogP contribution in [0.1, 0.15) is 5.69 Å². The van der Waals surface area contributed by atoms with Gasteiger partial charge < -0.3 is 4.74 Å². The summed E-state index contributed by atoms with van der Waals surface area (Å²) >= 11 is 1.34. The summed E-state index contributed by atoms with van der Waals surface area (Å²) in [5.74, 6) is -1.02. The molecule has 20 heavy (non-hydrogen) atoms. The molecule has 6 heteroatoms. The van der Waals surface area contributed by atoms with E-state index in [1.807, 2.05) is 0 Å². The Balaban J connectivity index is 2.29. The minimum Gasteiger partial charge on any atom is -0.465 e. The molecule has 0 unspecified atom stereocenters. The van der Waals surface area contributed by atoms with E-state index in [9.17, 15) is 9.18 Å². The summed E-state index contributed by atoms with van der Waals surface area (Å²) in [6.45, 7) is 0. The maximum absolute atomic E-state index is 12.8. The molecule has 0 aliphatic heterocycles. The second-order valence-electron chi connectivity index (χ2n) is 3.75. The molecule has 1 heterocycles. The quantitative estimate of drug-likeness (QED) is 0.495. The number of carbonyl (C=O) groups is 1. The lowest BCUT2D eigenvalue weighted by Gasteiger charge is -1.95. The topological polar surface area (TPSA) is 63.0 Å². The molecule has 0 aliphatic carbocycles. The third kappa shape index (κ3) is 3.08. The summed E-state index contributed by atoms with van der Waals surface area (Å²) in [6.07, 6.45) is 1.36. The van der Waals surface area contributed by atoms with Crippen molar-refractivity contribution in [1.29, 1.82) is 5.26 Å². The van der Waals surface area contributed by atoms with Gasteiger partial charge in [-0.15, -0.1) is 11.3 Å². The van der Waals surface area contributed by atoms with E-state index in [0.717, 1.165) is 5.56 Å². The smallest absolute Gasteiger partial charge is 0.348 e. The number of halogens is 1. The van der Waals surface area contributed by atoms with Gasteiger partial charge in [0.1, 0.15) is 22.5 Å². The highest BCUT2D eigenvalue weighted by Gasteiger charge is 2.10. The zero-order chi connectivity index (χ0) is 14.5. The number of methoxy groups -OCH3 is 1. The molecular formula is C14H9FN2O2S. The Morgan fingerprint density at radius 1 is 1.45 bits per heavy atom. The lowest BCUT2D eigenvalue weighted by Crippen LogP contribution is -2.02. The summed E-state index contributed by atoms with van der Waals surface area (Å²) in [5, 5.41) is 11.2. The van der Waals surface area contributed by atoms with Gasteiger partial charge in [0, 0.05) is 10.9 Å². The Morgan fingerprint density at radius 3 is 2.75 bits per heavy atom. The molecule has 0 spiro atoms. The van der Waals surface area contributed by atoms with Crippen LogP contribution >= 0.6 is 11.3 Å². The Bertz CT molecular complexity index is 699. The van der Waals surface area contributed by atoms with Crippen molar-refractivity contribution < 1.29 is 13.9 Å². The third-order valence-corrected chi connectivity index (χ3v) is 3.34. The summed E-state index contributed by atoms with van der Waals surface area (Å²) in [4.78, 5) is 15.6. The van der Waals surface area contributed by atoms with Gasteiger partial charge in [-0.2, -0.15) is 5.26 Å². The number of hydrogen-bond donors (Lipinski definition) is 0. The summed E-state index contributed by atoms with van der Waals surface area (Å²) in [6, 6.07) is 7.69. The molecule has 0 N–H and O–H groups in total. The Labute approximate surface area is 118 Å². The first-order chi connectivity index (χ1) is 9.63. The Morgan fingerprint density at radius 2 is 2.15 bits per heavy atom. The van der Waals surface area contributed by atoms with Gasteiger partial charge in [0.2, 0.25) is 0 Å². The van der Waals surface area contributed by atoms with Crippen LogP contribution in [0.4, 0.5) is 4.39 Å². The van der Waals surface area contributed by atoms with E-state index in [2.05, 4.69) is 9.72 Å². The van der Waals surface area contributed by atoms with Crippen LogP contribution in [0.15, 0.2) is 35.2 Å². The number of ether oxygens (including phenoxy) is 1. The van der Waals surface area contributed by atoms with Crippen molar-refractivity contribution in [3.63, 3.8) is 0 Å². The lowest BCUT2D eigenvalue weighted by molar-refractivity contribution is -0.135. The highest BCUT2D eigenvalue weighted by Crippen LogP contribution is 2.24. The predicted molar refractivity (Wildman–Crippen MR) is 73.1 cm³/mol. The number of nitrogens with zero attached hydrogens (tertiary/aromatic N) is 2. The molecular weight excluding hydrogens is 279 g/mol. The molecule has 1 aromatic heterocycles. The zero-order valence-electron chi connectivity index (χ0n) is 10.5. The number of benzene rings is 1. The summed E-state index contributed by atoms with van der Waals surface area (Å²) in [5.41, 5.74) is 1.13. The number of carbonyl (C=O) groups excluding carboxylic acids is 1. The third-order valence-electron chi connectivity index (χ3n) is 2.43. The minimum atomic E-state index is -0.705. The van der Waals surface area contributed by atoms with E-state index in [1.165, 1.54) is 36.7 Å². The van der Waals surface area contributed by atoms with Crippen LogP contribution in [0.5, 0.6) is 0 Å². The highest BCUT2D eigenvalue weighted by atomic mass is 32.1. The van der Waals surface area contributed by atoms with E-state index >= 15 is 0 Å². The minimum absolute atomic E-state index is 0.122. The number of esters is 1. The van der Waals surface area contributed by atoms with Gasteiger partial charge >= 0.3 is 5.97 Å². The fourth-order valence-corrected chi connectivity index (χ4v) is 2.26. The number of nitriles is 1. The molecule has 0 bridgehead atoms. The fourth-order valence-electron chi connectivity index (χ4n) is 1.47. The van der Waals surface area contributed by atoms with Crippen molar-refractivity contribution in [2.75, 3.05) is 7.11 Å².